The van der Waals surface area contributed by atoms with Gasteiger partial charge >= 0.3 is 5.97 Å². The zero-order valence-corrected chi connectivity index (χ0v) is 11.4. The number of carboxylic acid groups (broad SMARTS) is 1. The number of nitrogens with one attached hydrogen (secondary N) is 1. The Morgan fingerprint density at radius 3 is 2.79 bits per heavy atom. The highest BCUT2D eigenvalue weighted by Crippen LogP contribution is 2.20. The van der Waals surface area contributed by atoms with Crippen molar-refractivity contribution in [3.8, 4) is 0 Å². The van der Waals surface area contributed by atoms with Gasteiger partial charge in [0.1, 0.15) is 0 Å². The van der Waals surface area contributed by atoms with E-state index >= 15 is 0 Å². The molecule has 2 N–H and O–H groups in total. The second-order valence-electron chi connectivity index (χ2n) is 5.31. The summed E-state index contributed by atoms with van der Waals surface area (Å²) in [5.74, 6) is -0.756. The van der Waals surface area contributed by atoms with Crippen molar-refractivity contribution in [2.45, 2.75) is 45.1 Å². The molecule has 0 aromatic heterocycles. The molecule has 1 saturated heterocycles. The predicted octanol–water partition coefficient (Wildman–Crippen LogP) is 1.81. The van der Waals surface area contributed by atoms with Crippen LogP contribution in [0.4, 0.5) is 8.78 Å². The maximum absolute atomic E-state index is 12.2. The molecule has 0 aliphatic carbocycles. The molecule has 1 aliphatic rings. The Bertz CT molecular complexity index is 277. The number of carbonyl (C=O) groups is 1. The molecule has 6 heteroatoms. The SMILES string of the molecule is CCCCN1CC(CC(=O)O)CC(NCC(F)F)C1. The summed E-state index contributed by atoms with van der Waals surface area (Å²) in [5, 5.41) is 11.7. The molecular weight excluding hydrogens is 254 g/mol. The summed E-state index contributed by atoms with van der Waals surface area (Å²) in [5.41, 5.74) is 0. The van der Waals surface area contributed by atoms with Gasteiger partial charge in [0.25, 0.3) is 6.43 Å². The lowest BCUT2D eigenvalue weighted by molar-refractivity contribution is -0.138. The highest BCUT2D eigenvalue weighted by molar-refractivity contribution is 5.67. The fourth-order valence-electron chi connectivity index (χ4n) is 2.67. The molecule has 1 heterocycles. The summed E-state index contributed by atoms with van der Waals surface area (Å²) >= 11 is 0. The number of aliphatic carboxylic acids is 1. The van der Waals surface area contributed by atoms with Crippen LogP contribution in [-0.4, -0.2) is 54.6 Å². The van der Waals surface area contributed by atoms with Crippen molar-refractivity contribution < 1.29 is 18.7 Å². The number of rotatable bonds is 8. The van der Waals surface area contributed by atoms with E-state index in [2.05, 4.69) is 17.1 Å². The van der Waals surface area contributed by atoms with E-state index in [9.17, 15) is 13.6 Å². The van der Waals surface area contributed by atoms with Gasteiger partial charge in [0.15, 0.2) is 0 Å². The van der Waals surface area contributed by atoms with Gasteiger partial charge in [0.2, 0.25) is 0 Å². The van der Waals surface area contributed by atoms with Crippen molar-refractivity contribution in [2.24, 2.45) is 5.92 Å². The van der Waals surface area contributed by atoms with Gasteiger partial charge in [-0.05, 0) is 25.3 Å². The van der Waals surface area contributed by atoms with Gasteiger partial charge in [0.05, 0.1) is 6.54 Å². The molecule has 4 nitrogen and oxygen atoms in total. The van der Waals surface area contributed by atoms with Gasteiger partial charge in [-0.2, -0.15) is 0 Å². The molecule has 0 aromatic carbocycles. The minimum atomic E-state index is -2.36. The van der Waals surface area contributed by atoms with Crippen molar-refractivity contribution in [3.05, 3.63) is 0 Å². The van der Waals surface area contributed by atoms with E-state index in [4.69, 9.17) is 5.11 Å². The number of piperidine rings is 1. The number of likely N-dealkylation sites (tertiary alicyclic amines) is 1. The van der Waals surface area contributed by atoms with Crippen molar-refractivity contribution in [2.75, 3.05) is 26.2 Å². The molecule has 2 unspecified atom stereocenters. The van der Waals surface area contributed by atoms with E-state index < -0.39 is 12.4 Å². The summed E-state index contributed by atoms with van der Waals surface area (Å²) < 4.78 is 24.5. The lowest BCUT2D eigenvalue weighted by Crippen LogP contribution is -2.50. The van der Waals surface area contributed by atoms with Crippen LogP contribution in [0.1, 0.15) is 32.6 Å². The molecule has 1 fully saturated rings. The second kappa shape index (κ2) is 8.43. The van der Waals surface area contributed by atoms with Gasteiger partial charge in [-0.1, -0.05) is 13.3 Å². The van der Waals surface area contributed by atoms with Crippen LogP contribution in [0, 0.1) is 5.92 Å². The van der Waals surface area contributed by atoms with Crippen LogP contribution in [0.2, 0.25) is 0 Å². The fraction of sp³-hybridized carbons (Fsp3) is 0.923. The minimum absolute atomic E-state index is 0.0241. The van der Waals surface area contributed by atoms with E-state index in [-0.39, 0.29) is 24.9 Å². The van der Waals surface area contributed by atoms with Crippen molar-refractivity contribution in [1.29, 1.82) is 0 Å². The largest absolute Gasteiger partial charge is 0.481 e. The number of carboxylic acids is 1. The molecular formula is C13H24F2N2O2. The summed E-state index contributed by atoms with van der Waals surface area (Å²) in [6, 6.07) is -0.0241. The van der Waals surface area contributed by atoms with E-state index in [0.29, 0.717) is 6.42 Å². The van der Waals surface area contributed by atoms with Crippen molar-refractivity contribution >= 4 is 5.97 Å². The Labute approximate surface area is 113 Å². The van der Waals surface area contributed by atoms with E-state index in [1.807, 2.05) is 0 Å². The quantitative estimate of drug-likeness (QED) is 0.711. The highest BCUT2D eigenvalue weighted by atomic mass is 19.3. The molecule has 1 aliphatic heterocycles. The monoisotopic (exact) mass is 278 g/mol. The van der Waals surface area contributed by atoms with Gasteiger partial charge in [0, 0.05) is 25.6 Å². The summed E-state index contributed by atoms with van der Waals surface area (Å²) in [6.07, 6.45) is 0.567. The molecule has 0 amide bonds. The van der Waals surface area contributed by atoms with Crippen LogP contribution in [0.25, 0.3) is 0 Å². The second-order valence-corrected chi connectivity index (χ2v) is 5.31. The molecule has 2 atom stereocenters. The number of hydrogen-bond donors (Lipinski definition) is 2. The maximum atomic E-state index is 12.2. The Kier molecular flexibility index (Phi) is 7.23. The van der Waals surface area contributed by atoms with Gasteiger partial charge in [-0.3, -0.25) is 4.79 Å². The zero-order chi connectivity index (χ0) is 14.3. The van der Waals surface area contributed by atoms with Gasteiger partial charge in [-0.15, -0.1) is 0 Å². The first-order chi connectivity index (χ1) is 9.01. The lowest BCUT2D eigenvalue weighted by atomic mass is 9.91. The molecule has 112 valence electrons. The molecule has 0 aromatic rings. The van der Waals surface area contributed by atoms with Gasteiger partial charge in [-0.25, -0.2) is 8.78 Å². The van der Waals surface area contributed by atoms with E-state index in [1.54, 1.807) is 0 Å². The fourth-order valence-corrected chi connectivity index (χ4v) is 2.67. The normalized spacial score (nSPS) is 24.8. The number of hydrogen-bond acceptors (Lipinski definition) is 3. The van der Waals surface area contributed by atoms with Crippen LogP contribution in [0.5, 0.6) is 0 Å². The smallest absolute Gasteiger partial charge is 0.303 e. The van der Waals surface area contributed by atoms with Crippen LogP contribution >= 0.6 is 0 Å². The summed E-state index contributed by atoms with van der Waals surface area (Å²) in [4.78, 5) is 13.0. The maximum Gasteiger partial charge on any atom is 0.303 e. The third-order valence-electron chi connectivity index (χ3n) is 3.46. The van der Waals surface area contributed by atoms with Crippen LogP contribution in [-0.2, 0) is 4.79 Å². The Balaban J connectivity index is 2.47. The van der Waals surface area contributed by atoms with Crippen LogP contribution in [0.3, 0.4) is 0 Å². The molecule has 0 spiro atoms. The van der Waals surface area contributed by atoms with E-state index in [1.165, 1.54) is 0 Å². The summed E-state index contributed by atoms with van der Waals surface area (Å²) in [7, 11) is 0. The predicted molar refractivity (Wildman–Crippen MR) is 69.5 cm³/mol. The average Bonchev–Trinajstić information content (AvgIpc) is 2.33. The molecule has 1 rings (SSSR count). The minimum Gasteiger partial charge on any atom is -0.481 e. The molecule has 0 bridgehead atoms. The summed E-state index contributed by atoms with van der Waals surface area (Å²) in [6.45, 7) is 4.21. The average molecular weight is 278 g/mol. The topological polar surface area (TPSA) is 52.6 Å². The number of halogens is 2. The van der Waals surface area contributed by atoms with Crippen LogP contribution in [0.15, 0.2) is 0 Å². The number of alkyl halides is 2. The first kappa shape index (κ1) is 16.3. The first-order valence-corrected chi connectivity index (χ1v) is 6.97. The Morgan fingerprint density at radius 1 is 1.47 bits per heavy atom. The van der Waals surface area contributed by atoms with E-state index in [0.717, 1.165) is 32.5 Å². The van der Waals surface area contributed by atoms with Gasteiger partial charge < -0.3 is 15.3 Å². The van der Waals surface area contributed by atoms with Crippen LogP contribution < -0.4 is 5.32 Å². The molecule has 19 heavy (non-hydrogen) atoms. The third-order valence-corrected chi connectivity index (χ3v) is 3.46. The Hall–Kier alpha value is -0.750. The Morgan fingerprint density at radius 2 is 2.21 bits per heavy atom. The molecule has 0 radical (unpaired) electrons. The lowest BCUT2D eigenvalue weighted by Gasteiger charge is -2.37. The standard InChI is InChI=1S/C13H24F2N2O2/c1-2-3-4-17-8-10(6-13(18)19)5-11(9-17)16-7-12(14)15/h10-12,16H,2-9H2,1H3,(H,18,19). The third kappa shape index (κ3) is 6.82. The number of unbranched alkanes of at least 4 members (excludes halogenated alkanes) is 1. The number of nitrogens with zero attached hydrogens (tertiary/aromatic N) is 1. The molecule has 0 saturated carbocycles. The highest BCUT2D eigenvalue weighted by Gasteiger charge is 2.28. The first-order valence-electron chi connectivity index (χ1n) is 6.97. The van der Waals surface area contributed by atoms with Crippen molar-refractivity contribution in [1.82, 2.24) is 10.2 Å². The zero-order valence-electron chi connectivity index (χ0n) is 11.4. The van der Waals surface area contributed by atoms with Crippen molar-refractivity contribution in [3.63, 3.8) is 0 Å².